The zero-order valence-corrected chi connectivity index (χ0v) is 14.3. The number of benzene rings is 1. The third-order valence-electron chi connectivity index (χ3n) is 5.20. The van der Waals surface area contributed by atoms with E-state index in [1.54, 1.807) is 0 Å². The van der Waals surface area contributed by atoms with E-state index in [0.717, 1.165) is 24.0 Å². The Morgan fingerprint density at radius 1 is 1.24 bits per heavy atom. The molecule has 1 aromatic rings. The molecule has 7 nitrogen and oxygen atoms in total. The SMILES string of the molecule is CCN(CC(=O)O)C1CC(NC(=O)N[C@H]2c3ccccc3C[C@H]2O)C1. The number of rotatable bonds is 6. The van der Waals surface area contributed by atoms with Crippen molar-refractivity contribution in [2.24, 2.45) is 0 Å². The van der Waals surface area contributed by atoms with E-state index in [0.29, 0.717) is 13.0 Å². The van der Waals surface area contributed by atoms with Crippen molar-refractivity contribution < 1.29 is 19.8 Å². The molecule has 0 spiro atoms. The maximum atomic E-state index is 12.2. The number of nitrogens with zero attached hydrogens (tertiary/aromatic N) is 1. The van der Waals surface area contributed by atoms with Gasteiger partial charge in [0.1, 0.15) is 0 Å². The topological polar surface area (TPSA) is 102 Å². The zero-order valence-electron chi connectivity index (χ0n) is 14.3. The molecule has 2 atom stereocenters. The molecule has 25 heavy (non-hydrogen) atoms. The second-order valence-electron chi connectivity index (χ2n) is 6.84. The average Bonchev–Trinajstić information content (AvgIpc) is 2.84. The first-order valence-corrected chi connectivity index (χ1v) is 8.76. The van der Waals surface area contributed by atoms with Crippen LogP contribution in [0.4, 0.5) is 4.79 Å². The predicted octanol–water partition coefficient (Wildman–Crippen LogP) is 0.881. The van der Waals surface area contributed by atoms with E-state index >= 15 is 0 Å². The maximum Gasteiger partial charge on any atom is 0.317 e. The highest BCUT2D eigenvalue weighted by molar-refractivity contribution is 5.75. The molecule has 2 amide bonds. The van der Waals surface area contributed by atoms with Crippen molar-refractivity contribution in [3.8, 4) is 0 Å². The summed E-state index contributed by atoms with van der Waals surface area (Å²) in [6, 6.07) is 7.31. The van der Waals surface area contributed by atoms with Crippen LogP contribution in [0.2, 0.25) is 0 Å². The third kappa shape index (κ3) is 3.93. The Kier molecular flexibility index (Phi) is 5.24. The molecular weight excluding hydrogens is 322 g/mol. The Balaban J connectivity index is 1.48. The molecule has 1 aromatic carbocycles. The highest BCUT2D eigenvalue weighted by Crippen LogP contribution is 2.31. The molecule has 4 N–H and O–H groups in total. The molecule has 7 heteroatoms. The van der Waals surface area contributed by atoms with E-state index in [1.807, 2.05) is 36.1 Å². The lowest BCUT2D eigenvalue weighted by molar-refractivity contribution is -0.139. The van der Waals surface area contributed by atoms with Gasteiger partial charge >= 0.3 is 12.0 Å². The smallest absolute Gasteiger partial charge is 0.317 e. The number of aliphatic carboxylic acids is 1. The first-order valence-electron chi connectivity index (χ1n) is 8.76. The summed E-state index contributed by atoms with van der Waals surface area (Å²) in [5.74, 6) is -0.829. The molecule has 0 unspecified atom stereocenters. The van der Waals surface area contributed by atoms with Crippen molar-refractivity contribution in [3.05, 3.63) is 35.4 Å². The first kappa shape index (κ1) is 17.7. The summed E-state index contributed by atoms with van der Waals surface area (Å²) >= 11 is 0. The number of carboxylic acids is 1. The summed E-state index contributed by atoms with van der Waals surface area (Å²) in [6.07, 6.45) is 1.44. The molecule has 0 saturated heterocycles. The minimum Gasteiger partial charge on any atom is -0.480 e. The highest BCUT2D eigenvalue weighted by atomic mass is 16.4. The molecule has 1 fully saturated rings. The number of amides is 2. The van der Waals surface area contributed by atoms with Crippen LogP contribution in [-0.2, 0) is 11.2 Å². The van der Waals surface area contributed by atoms with E-state index in [9.17, 15) is 14.7 Å². The number of fused-ring (bicyclic) bond motifs is 1. The molecule has 3 rings (SSSR count). The van der Waals surface area contributed by atoms with E-state index < -0.39 is 12.1 Å². The van der Waals surface area contributed by atoms with Gasteiger partial charge < -0.3 is 20.8 Å². The largest absolute Gasteiger partial charge is 0.480 e. The van der Waals surface area contributed by atoms with Crippen LogP contribution in [0, 0.1) is 0 Å². The van der Waals surface area contributed by atoms with Crippen LogP contribution < -0.4 is 10.6 Å². The van der Waals surface area contributed by atoms with Gasteiger partial charge in [0.2, 0.25) is 0 Å². The van der Waals surface area contributed by atoms with Gasteiger partial charge in [-0.2, -0.15) is 0 Å². The molecule has 0 heterocycles. The van der Waals surface area contributed by atoms with Gasteiger partial charge in [-0.15, -0.1) is 0 Å². The second kappa shape index (κ2) is 7.41. The van der Waals surface area contributed by atoms with Crippen LogP contribution in [0.15, 0.2) is 24.3 Å². The Bertz CT molecular complexity index is 645. The lowest BCUT2D eigenvalue weighted by atomic mass is 9.85. The lowest BCUT2D eigenvalue weighted by Crippen LogP contribution is -2.56. The molecule has 0 radical (unpaired) electrons. The number of urea groups is 1. The molecule has 0 bridgehead atoms. The number of carboxylic acid groups (broad SMARTS) is 1. The molecule has 2 aliphatic carbocycles. The zero-order chi connectivity index (χ0) is 18.0. The summed E-state index contributed by atoms with van der Waals surface area (Å²) in [4.78, 5) is 25.0. The summed E-state index contributed by atoms with van der Waals surface area (Å²) < 4.78 is 0. The van der Waals surface area contributed by atoms with E-state index in [1.165, 1.54) is 0 Å². The molecule has 1 saturated carbocycles. The van der Waals surface area contributed by atoms with Gasteiger partial charge in [0.05, 0.1) is 18.7 Å². The lowest BCUT2D eigenvalue weighted by Gasteiger charge is -2.42. The standard InChI is InChI=1S/C18H25N3O4/c1-2-21(10-16(23)24)13-8-12(9-13)19-18(25)20-17-14-6-4-3-5-11(14)7-15(17)22/h3-6,12-13,15,17,22H,2,7-10H2,1H3,(H,23,24)(H2,19,20,25)/t12?,13?,15-,17+/m1/s1. The van der Waals surface area contributed by atoms with Crippen LogP contribution >= 0.6 is 0 Å². The average molecular weight is 347 g/mol. The van der Waals surface area contributed by atoms with Gasteiger partial charge in [0.25, 0.3) is 0 Å². The number of hydrogen-bond donors (Lipinski definition) is 4. The van der Waals surface area contributed by atoms with E-state index in [2.05, 4.69) is 10.6 Å². The molecule has 136 valence electrons. The summed E-state index contributed by atoms with van der Waals surface area (Å²) in [5, 5.41) is 24.9. The molecule has 0 aliphatic heterocycles. The van der Waals surface area contributed by atoms with E-state index in [-0.39, 0.29) is 30.7 Å². The molecular formula is C18H25N3O4. The predicted molar refractivity (Wildman–Crippen MR) is 92.3 cm³/mol. The normalized spacial score (nSPS) is 27.5. The second-order valence-corrected chi connectivity index (χ2v) is 6.84. The van der Waals surface area contributed by atoms with Crippen molar-refractivity contribution in [1.29, 1.82) is 0 Å². The number of hydrogen-bond acceptors (Lipinski definition) is 4. The number of carbonyl (C=O) groups excluding carboxylic acids is 1. The Hall–Kier alpha value is -2.12. The Labute approximate surface area is 147 Å². The maximum absolute atomic E-state index is 12.2. The number of likely N-dealkylation sites (N-methyl/N-ethyl adjacent to an activating group) is 1. The molecule has 2 aliphatic rings. The highest BCUT2D eigenvalue weighted by Gasteiger charge is 2.36. The summed E-state index contributed by atoms with van der Waals surface area (Å²) in [7, 11) is 0. The van der Waals surface area contributed by atoms with Crippen LogP contribution in [-0.4, -0.2) is 58.4 Å². The van der Waals surface area contributed by atoms with Gasteiger partial charge in [0, 0.05) is 18.5 Å². The third-order valence-corrected chi connectivity index (χ3v) is 5.20. The monoisotopic (exact) mass is 347 g/mol. The van der Waals surface area contributed by atoms with Gasteiger partial charge in [-0.3, -0.25) is 9.69 Å². The van der Waals surface area contributed by atoms with Crippen molar-refractivity contribution in [1.82, 2.24) is 15.5 Å². The van der Waals surface area contributed by atoms with Gasteiger partial charge in [-0.1, -0.05) is 31.2 Å². The van der Waals surface area contributed by atoms with Gasteiger partial charge in [-0.25, -0.2) is 4.79 Å². The van der Waals surface area contributed by atoms with Crippen molar-refractivity contribution in [3.63, 3.8) is 0 Å². The molecule has 0 aromatic heterocycles. The first-order chi connectivity index (χ1) is 12.0. The van der Waals surface area contributed by atoms with E-state index in [4.69, 9.17) is 5.11 Å². The number of nitrogens with one attached hydrogen (secondary N) is 2. The van der Waals surface area contributed by atoms with Crippen LogP contribution in [0.5, 0.6) is 0 Å². The quantitative estimate of drug-likeness (QED) is 0.612. The minimum atomic E-state index is -0.829. The van der Waals surface area contributed by atoms with Crippen molar-refractivity contribution >= 4 is 12.0 Å². The summed E-state index contributed by atoms with van der Waals surface area (Å²) in [5.41, 5.74) is 2.03. The number of aliphatic hydroxyl groups excluding tert-OH is 1. The minimum absolute atomic E-state index is 0.0329. The Morgan fingerprint density at radius 3 is 2.64 bits per heavy atom. The number of carbonyl (C=O) groups is 2. The summed E-state index contributed by atoms with van der Waals surface area (Å²) in [6.45, 7) is 2.65. The van der Waals surface area contributed by atoms with Crippen molar-refractivity contribution in [2.75, 3.05) is 13.1 Å². The van der Waals surface area contributed by atoms with Gasteiger partial charge in [-0.05, 0) is 30.5 Å². The fraction of sp³-hybridized carbons (Fsp3) is 0.556. The van der Waals surface area contributed by atoms with Crippen LogP contribution in [0.25, 0.3) is 0 Å². The van der Waals surface area contributed by atoms with Crippen LogP contribution in [0.3, 0.4) is 0 Å². The fourth-order valence-corrected chi connectivity index (χ4v) is 3.79. The van der Waals surface area contributed by atoms with Gasteiger partial charge in [0.15, 0.2) is 0 Å². The van der Waals surface area contributed by atoms with Crippen molar-refractivity contribution in [2.45, 2.75) is 50.4 Å². The fourth-order valence-electron chi connectivity index (χ4n) is 3.79. The van der Waals surface area contributed by atoms with Crippen LogP contribution in [0.1, 0.15) is 36.9 Å². The number of aliphatic hydroxyl groups is 1. The Morgan fingerprint density at radius 2 is 1.96 bits per heavy atom.